The van der Waals surface area contributed by atoms with Crippen molar-refractivity contribution in [2.75, 3.05) is 6.61 Å². The van der Waals surface area contributed by atoms with E-state index in [0.717, 1.165) is 65.2 Å². The van der Waals surface area contributed by atoms with Crippen molar-refractivity contribution in [2.24, 2.45) is 12.5 Å². The molecule has 3 aromatic carbocycles. The fraction of sp³-hybridized carbons (Fsp3) is 0.316. The minimum absolute atomic E-state index is 0.0843. The van der Waals surface area contributed by atoms with Crippen molar-refractivity contribution in [2.45, 2.75) is 60.2 Å². The Kier molecular flexibility index (Phi) is 8.72. The number of fused-ring (bicyclic) bond motifs is 2. The molecule has 9 heteroatoms. The van der Waals surface area contributed by atoms with E-state index in [1.54, 1.807) is 11.3 Å². The quantitative estimate of drug-likeness (QED) is 0.158. The monoisotopic (exact) mass is 666 g/mol. The maximum absolute atomic E-state index is 12.9. The van der Waals surface area contributed by atoms with E-state index in [2.05, 4.69) is 42.4 Å². The number of benzene rings is 3. The molecule has 47 heavy (non-hydrogen) atoms. The van der Waals surface area contributed by atoms with E-state index in [1.165, 1.54) is 0 Å². The van der Waals surface area contributed by atoms with Gasteiger partial charge < -0.3 is 9.47 Å². The molecule has 0 unspecified atom stereocenters. The van der Waals surface area contributed by atoms with E-state index in [1.807, 2.05) is 96.0 Å². The van der Waals surface area contributed by atoms with Crippen LogP contribution in [0.15, 0.2) is 73.1 Å². The van der Waals surface area contributed by atoms with Crippen LogP contribution in [0, 0.1) is 12.3 Å². The number of carbonyl (C=O) groups excluding carboxylic acids is 1. The van der Waals surface area contributed by atoms with Gasteiger partial charge in [0.05, 0.1) is 38.6 Å². The topological polar surface area (TPSA) is 79.1 Å². The van der Waals surface area contributed by atoms with Crippen molar-refractivity contribution in [1.82, 2.24) is 19.7 Å². The third-order valence-corrected chi connectivity index (χ3v) is 9.30. The van der Waals surface area contributed by atoms with Crippen LogP contribution in [0.2, 0.25) is 5.02 Å². The normalized spacial score (nSPS) is 13.0. The number of esters is 1. The number of pyridine rings is 1. The molecule has 0 fully saturated rings. The van der Waals surface area contributed by atoms with Gasteiger partial charge in [0.15, 0.2) is 0 Å². The first kappa shape index (κ1) is 32.8. The Balaban J connectivity index is 1.49. The van der Waals surface area contributed by atoms with E-state index in [-0.39, 0.29) is 12.6 Å². The molecule has 0 N–H and O–H groups in total. The second-order valence-corrected chi connectivity index (χ2v) is 15.3. The molecule has 0 spiro atoms. The lowest BCUT2D eigenvalue weighted by molar-refractivity contribution is -0.162. The van der Waals surface area contributed by atoms with Crippen LogP contribution in [-0.2, 0) is 21.3 Å². The number of rotatable bonds is 7. The summed E-state index contributed by atoms with van der Waals surface area (Å²) in [5, 5.41) is 6.98. The summed E-state index contributed by atoms with van der Waals surface area (Å²) in [5.74, 6) is -0.275. The molecule has 3 heterocycles. The fourth-order valence-electron chi connectivity index (χ4n) is 5.67. The molecule has 0 aliphatic rings. The molecule has 0 radical (unpaired) electrons. The summed E-state index contributed by atoms with van der Waals surface area (Å²) in [6.45, 7) is 13.7. The molecular weight excluding hydrogens is 628 g/mol. The van der Waals surface area contributed by atoms with Gasteiger partial charge in [-0.3, -0.25) is 14.5 Å². The minimum atomic E-state index is -0.635. The summed E-state index contributed by atoms with van der Waals surface area (Å²) in [5.41, 5.74) is 7.62. The highest BCUT2D eigenvalue weighted by atomic mass is 35.5. The summed E-state index contributed by atoms with van der Waals surface area (Å²) in [4.78, 5) is 22.7. The molecule has 0 bridgehead atoms. The van der Waals surface area contributed by atoms with Crippen molar-refractivity contribution in [1.29, 1.82) is 0 Å². The first-order chi connectivity index (χ1) is 22.2. The molecule has 6 aromatic rings. The second kappa shape index (κ2) is 12.5. The maximum atomic E-state index is 12.9. The summed E-state index contributed by atoms with van der Waals surface area (Å²) >= 11 is 7.97. The zero-order valence-electron chi connectivity index (χ0n) is 28.0. The molecule has 7 nitrogen and oxygen atoms in total. The SMILES string of the molecule is Cc1cc2nc(-c3ccnc(-c4ccc5c(cnn5C)c4)c3)sc2c(-c2ccc(Cl)cc2)c1[C@@H](COC(=O)C(C)(C)C)OC(C)(C)C. The molecule has 0 aliphatic carbocycles. The number of ether oxygens (including phenoxy) is 2. The third-order valence-electron chi connectivity index (χ3n) is 7.91. The zero-order chi connectivity index (χ0) is 33.7. The van der Waals surface area contributed by atoms with Crippen LogP contribution in [0.4, 0.5) is 0 Å². The fourth-order valence-corrected chi connectivity index (χ4v) is 6.92. The Bertz CT molecular complexity index is 2100. The first-order valence-corrected chi connectivity index (χ1v) is 16.8. The number of carbonyl (C=O) groups is 1. The van der Waals surface area contributed by atoms with Gasteiger partial charge in [-0.1, -0.05) is 29.8 Å². The number of hydrogen-bond donors (Lipinski definition) is 0. The van der Waals surface area contributed by atoms with Gasteiger partial charge in [0.1, 0.15) is 17.7 Å². The summed E-state index contributed by atoms with van der Waals surface area (Å²) in [6.07, 6.45) is 3.18. The largest absolute Gasteiger partial charge is 0.462 e. The number of aryl methyl sites for hydroxylation is 2. The number of halogens is 1. The van der Waals surface area contributed by atoms with Crippen molar-refractivity contribution in [3.63, 3.8) is 0 Å². The first-order valence-electron chi connectivity index (χ1n) is 15.6. The molecule has 242 valence electrons. The summed E-state index contributed by atoms with van der Waals surface area (Å²) in [6, 6.07) is 20.3. The standard InChI is InChI=1S/C38H39ClN4O3S/c1-22-17-29-34(47-35(42-29)25-15-16-40-28(19-25)24-11-14-30-26(18-24)20-41-43(30)8)33(23-9-12-27(39)13-10-23)32(22)31(46-38(5,6)7)21-45-36(44)37(2,3)4/h9-20,31H,21H2,1-8H3/t31-/m1/s1. The average Bonchev–Trinajstić information content (AvgIpc) is 3.61. The predicted molar refractivity (Wildman–Crippen MR) is 192 cm³/mol. The van der Waals surface area contributed by atoms with Crippen LogP contribution in [-0.4, -0.2) is 37.9 Å². The molecule has 6 rings (SSSR count). The molecule has 0 amide bonds. The lowest BCUT2D eigenvalue weighted by Gasteiger charge is -2.31. The third kappa shape index (κ3) is 6.96. The van der Waals surface area contributed by atoms with Gasteiger partial charge in [-0.15, -0.1) is 11.3 Å². The van der Waals surface area contributed by atoms with Crippen molar-refractivity contribution >= 4 is 50.0 Å². The highest BCUT2D eigenvalue weighted by molar-refractivity contribution is 7.22. The van der Waals surface area contributed by atoms with Gasteiger partial charge in [0.2, 0.25) is 0 Å². The van der Waals surface area contributed by atoms with Gasteiger partial charge in [-0.05, 0) is 108 Å². The van der Waals surface area contributed by atoms with E-state index in [9.17, 15) is 4.79 Å². The Morgan fingerprint density at radius 2 is 1.68 bits per heavy atom. The zero-order valence-corrected chi connectivity index (χ0v) is 29.6. The van der Waals surface area contributed by atoms with Gasteiger partial charge in [0, 0.05) is 40.3 Å². The maximum Gasteiger partial charge on any atom is 0.311 e. The molecule has 0 aliphatic heterocycles. The molecule has 1 atom stereocenters. The van der Waals surface area contributed by atoms with Crippen LogP contribution in [0.1, 0.15) is 58.8 Å². The number of nitrogens with zero attached hydrogens (tertiary/aromatic N) is 4. The summed E-state index contributed by atoms with van der Waals surface area (Å²) < 4.78 is 15.4. The van der Waals surface area contributed by atoms with Crippen LogP contribution >= 0.6 is 22.9 Å². The minimum Gasteiger partial charge on any atom is -0.462 e. The molecule has 3 aromatic heterocycles. The lowest BCUT2D eigenvalue weighted by atomic mass is 9.91. The van der Waals surface area contributed by atoms with Crippen molar-refractivity contribution in [3.8, 4) is 33.0 Å². The number of thiazole rings is 1. The smallest absolute Gasteiger partial charge is 0.311 e. The number of hydrogen-bond acceptors (Lipinski definition) is 7. The highest BCUT2D eigenvalue weighted by Crippen LogP contribution is 2.45. The van der Waals surface area contributed by atoms with Crippen LogP contribution in [0.25, 0.3) is 54.1 Å². The van der Waals surface area contributed by atoms with Crippen molar-refractivity contribution in [3.05, 3.63) is 89.2 Å². The van der Waals surface area contributed by atoms with Crippen LogP contribution in [0.5, 0.6) is 0 Å². The predicted octanol–water partition coefficient (Wildman–Crippen LogP) is 9.99. The van der Waals surface area contributed by atoms with E-state index < -0.39 is 17.1 Å². The van der Waals surface area contributed by atoms with E-state index in [4.69, 9.17) is 31.0 Å². The average molecular weight is 667 g/mol. The molecule has 0 saturated carbocycles. The Morgan fingerprint density at radius 3 is 2.38 bits per heavy atom. The van der Waals surface area contributed by atoms with Gasteiger partial charge in [-0.2, -0.15) is 5.10 Å². The van der Waals surface area contributed by atoms with E-state index >= 15 is 0 Å². The molecule has 0 saturated heterocycles. The van der Waals surface area contributed by atoms with Crippen LogP contribution < -0.4 is 0 Å². The van der Waals surface area contributed by atoms with Crippen LogP contribution in [0.3, 0.4) is 0 Å². The Hall–Kier alpha value is -4.11. The second-order valence-electron chi connectivity index (χ2n) is 13.9. The van der Waals surface area contributed by atoms with E-state index in [0.29, 0.717) is 5.02 Å². The Morgan fingerprint density at radius 1 is 0.957 bits per heavy atom. The van der Waals surface area contributed by atoms with Gasteiger partial charge in [0.25, 0.3) is 0 Å². The van der Waals surface area contributed by atoms with Gasteiger partial charge >= 0.3 is 5.97 Å². The Labute approximate surface area is 284 Å². The van der Waals surface area contributed by atoms with Gasteiger partial charge in [-0.25, -0.2) is 4.98 Å². The lowest BCUT2D eigenvalue weighted by Crippen LogP contribution is -2.30. The summed E-state index contributed by atoms with van der Waals surface area (Å²) in [7, 11) is 1.94. The van der Waals surface area contributed by atoms with Crippen molar-refractivity contribution < 1.29 is 14.3 Å². The highest BCUT2D eigenvalue weighted by Gasteiger charge is 2.31. The molecular formula is C38H39ClN4O3S. The number of aromatic nitrogens is 4.